The molecule has 0 heterocycles. The quantitative estimate of drug-likeness (QED) is 0.566. The molecule has 2 rings (SSSR count). The highest BCUT2D eigenvalue weighted by Crippen LogP contribution is 2.55. The first kappa shape index (κ1) is 16.6. The van der Waals surface area contributed by atoms with E-state index in [4.69, 9.17) is 5.11 Å². The molecule has 0 aromatic carbocycles. The third-order valence-corrected chi connectivity index (χ3v) is 5.53. The van der Waals surface area contributed by atoms with Gasteiger partial charge in [-0.05, 0) is 32.6 Å². The van der Waals surface area contributed by atoms with E-state index in [1.54, 1.807) is 6.92 Å². The molecule has 0 saturated heterocycles. The molecule has 5 nitrogen and oxygen atoms in total. The Morgan fingerprint density at radius 3 is 2.48 bits per heavy atom. The first-order chi connectivity index (χ1) is 9.58. The SMILES string of the molecule is C[C@H]1C[C@H](O)[C@H]2[C@@](O)(C=C[C@@](C)(O)[C@]2(C)C(=O)CCO)C1. The van der Waals surface area contributed by atoms with E-state index in [0.717, 1.165) is 0 Å². The molecular formula is C16H26O5. The van der Waals surface area contributed by atoms with Crippen LogP contribution in [0.4, 0.5) is 0 Å². The summed E-state index contributed by atoms with van der Waals surface area (Å²) in [5.41, 5.74) is -4.12. The standard InChI is InChI=1S/C16H26O5/c1-10-8-11(18)13-15(3,12(19)4-7-17)14(2,20)5-6-16(13,21)9-10/h5-6,10-11,13,17-18,20-21H,4,7-9H2,1-3H3/t10-,11-,13+,14+,15+,16+/m0/s1. The molecule has 0 aromatic heterocycles. The van der Waals surface area contributed by atoms with Gasteiger partial charge in [0.1, 0.15) is 5.78 Å². The average molecular weight is 298 g/mol. The van der Waals surface area contributed by atoms with Crippen molar-refractivity contribution in [2.24, 2.45) is 17.3 Å². The van der Waals surface area contributed by atoms with Crippen molar-refractivity contribution in [2.75, 3.05) is 6.61 Å². The lowest BCUT2D eigenvalue weighted by molar-refractivity contribution is -0.198. The predicted molar refractivity (Wildman–Crippen MR) is 77.4 cm³/mol. The molecule has 120 valence electrons. The van der Waals surface area contributed by atoms with E-state index in [-0.39, 0.29) is 24.7 Å². The number of hydrogen-bond donors (Lipinski definition) is 4. The molecule has 0 aliphatic heterocycles. The third kappa shape index (κ3) is 2.36. The molecule has 5 heteroatoms. The van der Waals surface area contributed by atoms with Crippen LogP contribution in [0.5, 0.6) is 0 Å². The van der Waals surface area contributed by atoms with Crippen LogP contribution >= 0.6 is 0 Å². The lowest BCUT2D eigenvalue weighted by atomic mass is 9.49. The summed E-state index contributed by atoms with van der Waals surface area (Å²) < 4.78 is 0. The van der Waals surface area contributed by atoms with Gasteiger partial charge in [0.2, 0.25) is 0 Å². The minimum atomic E-state index is -1.47. The highest BCUT2D eigenvalue weighted by atomic mass is 16.3. The molecule has 0 unspecified atom stereocenters. The van der Waals surface area contributed by atoms with E-state index in [1.807, 2.05) is 6.92 Å². The molecule has 0 bridgehead atoms. The topological polar surface area (TPSA) is 98.0 Å². The summed E-state index contributed by atoms with van der Waals surface area (Å²) in [6.07, 6.45) is 2.95. The maximum absolute atomic E-state index is 12.6. The molecule has 2 aliphatic rings. The number of rotatable bonds is 3. The summed E-state index contributed by atoms with van der Waals surface area (Å²) in [7, 11) is 0. The molecule has 2 aliphatic carbocycles. The van der Waals surface area contributed by atoms with Gasteiger partial charge in [-0.2, -0.15) is 0 Å². The van der Waals surface area contributed by atoms with Gasteiger partial charge >= 0.3 is 0 Å². The number of aliphatic hydroxyl groups is 4. The van der Waals surface area contributed by atoms with Crippen LogP contribution in [0.15, 0.2) is 12.2 Å². The number of ketones is 1. The number of carbonyl (C=O) groups excluding carboxylic acids is 1. The van der Waals surface area contributed by atoms with E-state index in [1.165, 1.54) is 19.1 Å². The van der Waals surface area contributed by atoms with Crippen molar-refractivity contribution in [1.29, 1.82) is 0 Å². The van der Waals surface area contributed by atoms with Crippen molar-refractivity contribution in [2.45, 2.75) is 57.3 Å². The Balaban J connectivity index is 2.55. The van der Waals surface area contributed by atoms with E-state index in [9.17, 15) is 20.1 Å². The average Bonchev–Trinajstić information content (AvgIpc) is 2.34. The number of hydrogen-bond acceptors (Lipinski definition) is 5. The second-order valence-electron chi connectivity index (χ2n) is 7.16. The van der Waals surface area contributed by atoms with Crippen LogP contribution < -0.4 is 0 Å². The van der Waals surface area contributed by atoms with Gasteiger partial charge in [0.15, 0.2) is 0 Å². The fraction of sp³-hybridized carbons (Fsp3) is 0.812. The van der Waals surface area contributed by atoms with Gasteiger partial charge in [0, 0.05) is 18.9 Å². The number of Topliss-reactive ketones (excluding diaryl/α,β-unsaturated/α-hetero) is 1. The van der Waals surface area contributed by atoms with Gasteiger partial charge in [-0.25, -0.2) is 0 Å². The first-order valence-electron chi connectivity index (χ1n) is 7.56. The van der Waals surface area contributed by atoms with E-state index in [0.29, 0.717) is 12.8 Å². The summed E-state index contributed by atoms with van der Waals surface area (Å²) >= 11 is 0. The fourth-order valence-corrected chi connectivity index (χ4v) is 4.32. The summed E-state index contributed by atoms with van der Waals surface area (Å²) in [6.45, 7) is 4.74. The van der Waals surface area contributed by atoms with Crippen LogP contribution in [-0.2, 0) is 4.79 Å². The molecule has 21 heavy (non-hydrogen) atoms. The zero-order chi connectivity index (χ0) is 16.1. The van der Waals surface area contributed by atoms with E-state index < -0.39 is 28.6 Å². The van der Waals surface area contributed by atoms with Crippen molar-refractivity contribution < 1.29 is 25.2 Å². The summed E-state index contributed by atoms with van der Waals surface area (Å²) in [6, 6.07) is 0. The van der Waals surface area contributed by atoms with Crippen molar-refractivity contribution in [3.63, 3.8) is 0 Å². The molecule has 0 radical (unpaired) electrons. The smallest absolute Gasteiger partial charge is 0.144 e. The zero-order valence-electron chi connectivity index (χ0n) is 12.9. The molecule has 4 N–H and O–H groups in total. The number of aliphatic hydroxyl groups excluding tert-OH is 2. The Morgan fingerprint density at radius 1 is 1.29 bits per heavy atom. The van der Waals surface area contributed by atoms with E-state index >= 15 is 0 Å². The molecule has 0 amide bonds. The summed E-state index contributed by atoms with van der Waals surface area (Å²) in [5, 5.41) is 41.2. The van der Waals surface area contributed by atoms with Crippen LogP contribution in [0.3, 0.4) is 0 Å². The van der Waals surface area contributed by atoms with Crippen LogP contribution in [0, 0.1) is 17.3 Å². The van der Waals surface area contributed by atoms with Gasteiger partial charge in [-0.3, -0.25) is 4.79 Å². The monoisotopic (exact) mass is 298 g/mol. The van der Waals surface area contributed by atoms with Crippen molar-refractivity contribution in [3.8, 4) is 0 Å². The van der Waals surface area contributed by atoms with Crippen LogP contribution in [0.25, 0.3) is 0 Å². The Bertz CT molecular complexity index is 458. The highest BCUT2D eigenvalue weighted by Gasteiger charge is 2.64. The molecule has 0 aromatic rings. The minimum Gasteiger partial charge on any atom is -0.396 e. The lowest BCUT2D eigenvalue weighted by Gasteiger charge is -2.58. The first-order valence-corrected chi connectivity index (χ1v) is 7.56. The van der Waals surface area contributed by atoms with Crippen molar-refractivity contribution in [3.05, 3.63) is 12.2 Å². The Hall–Kier alpha value is -0.750. The molecule has 1 fully saturated rings. The second kappa shape index (κ2) is 5.16. The summed E-state index contributed by atoms with van der Waals surface area (Å²) in [5.74, 6) is -0.984. The Kier molecular flexibility index (Phi) is 4.08. The van der Waals surface area contributed by atoms with Crippen molar-refractivity contribution >= 4 is 5.78 Å². The normalized spacial score (nSPS) is 49.8. The highest BCUT2D eigenvalue weighted by molar-refractivity contribution is 5.87. The summed E-state index contributed by atoms with van der Waals surface area (Å²) in [4.78, 5) is 12.6. The zero-order valence-corrected chi connectivity index (χ0v) is 12.9. The van der Waals surface area contributed by atoms with Gasteiger partial charge in [0.25, 0.3) is 0 Å². The van der Waals surface area contributed by atoms with Crippen molar-refractivity contribution in [1.82, 2.24) is 0 Å². The van der Waals surface area contributed by atoms with E-state index in [2.05, 4.69) is 0 Å². The Labute approximate surface area is 125 Å². The molecule has 1 saturated carbocycles. The minimum absolute atomic E-state index is 0.102. The maximum Gasteiger partial charge on any atom is 0.144 e. The molecular weight excluding hydrogens is 272 g/mol. The second-order valence-corrected chi connectivity index (χ2v) is 7.16. The van der Waals surface area contributed by atoms with Gasteiger partial charge in [-0.15, -0.1) is 0 Å². The van der Waals surface area contributed by atoms with Gasteiger partial charge in [-0.1, -0.05) is 19.1 Å². The largest absolute Gasteiger partial charge is 0.396 e. The van der Waals surface area contributed by atoms with Gasteiger partial charge < -0.3 is 20.4 Å². The number of carbonyl (C=O) groups is 1. The van der Waals surface area contributed by atoms with Crippen LogP contribution in [-0.4, -0.2) is 50.1 Å². The fourth-order valence-electron chi connectivity index (χ4n) is 4.32. The molecule has 6 atom stereocenters. The van der Waals surface area contributed by atoms with Crippen LogP contribution in [0.2, 0.25) is 0 Å². The third-order valence-electron chi connectivity index (χ3n) is 5.53. The number of fused-ring (bicyclic) bond motifs is 1. The van der Waals surface area contributed by atoms with Crippen LogP contribution in [0.1, 0.15) is 40.0 Å². The van der Waals surface area contributed by atoms with Gasteiger partial charge in [0.05, 0.1) is 22.7 Å². The molecule has 0 spiro atoms. The predicted octanol–water partition coefficient (Wildman–Crippen LogP) is 0.403. The lowest BCUT2D eigenvalue weighted by Crippen LogP contribution is -2.67. The Morgan fingerprint density at radius 2 is 1.90 bits per heavy atom. The maximum atomic E-state index is 12.6.